The maximum Gasteiger partial charge on any atom is 0.0774 e. The second kappa shape index (κ2) is 4.62. The van der Waals surface area contributed by atoms with Gasteiger partial charge >= 0.3 is 0 Å². The van der Waals surface area contributed by atoms with Crippen LogP contribution in [-0.4, -0.2) is 16.1 Å². The molecule has 0 bridgehead atoms. The van der Waals surface area contributed by atoms with Crippen molar-refractivity contribution in [3.05, 3.63) is 22.5 Å². The molecule has 0 aliphatic carbocycles. The lowest BCUT2D eigenvalue weighted by molar-refractivity contribution is 1.42. The van der Waals surface area contributed by atoms with Crippen molar-refractivity contribution in [2.45, 2.75) is 53.1 Å². The molecule has 0 saturated carbocycles. The maximum absolute atomic E-state index is 2.53. The predicted molar refractivity (Wildman–Crippen MR) is 74.2 cm³/mol. The number of allylic oxidation sites excluding steroid dienone is 3. The average Bonchev–Trinajstić information content (AvgIpc) is 1.79. The molecule has 2 heteroatoms. The highest BCUT2D eigenvalue weighted by molar-refractivity contribution is 6.85. The molecular weight excluding hydrogens is 200 g/mol. The molecule has 0 radical (unpaired) electrons. The van der Waals surface area contributed by atoms with Gasteiger partial charge in [-0.1, -0.05) is 61.8 Å². The van der Waals surface area contributed by atoms with E-state index in [1.54, 1.807) is 5.20 Å². The zero-order valence-electron chi connectivity index (χ0n) is 11.2. The molecular formula is C12H26Si2. The van der Waals surface area contributed by atoms with Crippen LogP contribution in [0, 0.1) is 0 Å². The normalized spacial score (nSPS) is 16.0. The van der Waals surface area contributed by atoms with E-state index in [9.17, 15) is 0 Å². The third-order valence-corrected chi connectivity index (χ3v) is 5.77. The molecule has 0 aromatic carbocycles. The lowest BCUT2D eigenvalue weighted by Gasteiger charge is -2.23. The van der Waals surface area contributed by atoms with Crippen LogP contribution in [0.2, 0.25) is 39.3 Å². The van der Waals surface area contributed by atoms with Crippen molar-refractivity contribution >= 4 is 16.1 Å². The summed E-state index contributed by atoms with van der Waals surface area (Å²) in [5.74, 6) is 0. The van der Waals surface area contributed by atoms with Crippen LogP contribution < -0.4 is 0 Å². The van der Waals surface area contributed by atoms with Crippen molar-refractivity contribution in [3.8, 4) is 0 Å². The first-order chi connectivity index (χ1) is 6.08. The standard InChI is InChI=1S/C12H26Si2/c1-9-12(14(6,7)8)11(2)10-13(3,4)5/h9-10H,1-8H3/b11-10+,12-9-. The second-order valence-corrected chi connectivity index (χ2v) is 16.2. The zero-order chi connectivity index (χ0) is 11.6. The van der Waals surface area contributed by atoms with Gasteiger partial charge in [0.05, 0.1) is 16.1 Å². The van der Waals surface area contributed by atoms with Gasteiger partial charge in [0.1, 0.15) is 0 Å². The van der Waals surface area contributed by atoms with E-state index in [1.165, 1.54) is 5.57 Å². The molecule has 0 amide bonds. The first kappa shape index (κ1) is 13.9. The zero-order valence-corrected chi connectivity index (χ0v) is 13.2. The van der Waals surface area contributed by atoms with E-state index in [1.807, 2.05) is 0 Å². The van der Waals surface area contributed by atoms with Crippen LogP contribution in [0.1, 0.15) is 13.8 Å². The minimum atomic E-state index is -1.13. The van der Waals surface area contributed by atoms with E-state index in [0.717, 1.165) is 0 Å². The van der Waals surface area contributed by atoms with Crippen molar-refractivity contribution in [1.29, 1.82) is 0 Å². The summed E-state index contributed by atoms with van der Waals surface area (Å²) in [6, 6.07) is 0. The van der Waals surface area contributed by atoms with Crippen molar-refractivity contribution in [1.82, 2.24) is 0 Å². The first-order valence-electron chi connectivity index (χ1n) is 5.44. The SMILES string of the molecule is C/C=C(/C(C)=C/[Si](C)(C)C)[Si](C)(C)C. The summed E-state index contributed by atoms with van der Waals surface area (Å²) in [5.41, 5.74) is 4.06. The van der Waals surface area contributed by atoms with Crippen LogP contribution in [0.3, 0.4) is 0 Å². The lowest BCUT2D eigenvalue weighted by Crippen LogP contribution is -2.26. The number of hydrogen-bond acceptors (Lipinski definition) is 0. The van der Waals surface area contributed by atoms with E-state index < -0.39 is 16.1 Å². The molecule has 0 aromatic rings. The third kappa shape index (κ3) is 4.96. The van der Waals surface area contributed by atoms with E-state index in [4.69, 9.17) is 0 Å². The molecule has 0 unspecified atom stereocenters. The molecule has 0 saturated heterocycles. The fourth-order valence-electron chi connectivity index (χ4n) is 1.98. The van der Waals surface area contributed by atoms with Crippen LogP contribution >= 0.6 is 0 Å². The average molecular weight is 227 g/mol. The number of rotatable bonds is 3. The van der Waals surface area contributed by atoms with Gasteiger partial charge in [-0.3, -0.25) is 0 Å². The highest BCUT2D eigenvalue weighted by Crippen LogP contribution is 2.23. The molecule has 0 fully saturated rings. The Kier molecular flexibility index (Phi) is 4.59. The smallest absolute Gasteiger partial charge is 0.0774 e. The summed E-state index contributed by atoms with van der Waals surface area (Å²) >= 11 is 0. The van der Waals surface area contributed by atoms with E-state index in [2.05, 4.69) is 64.9 Å². The van der Waals surface area contributed by atoms with Gasteiger partial charge in [-0.2, -0.15) is 0 Å². The van der Waals surface area contributed by atoms with Crippen LogP contribution in [0.15, 0.2) is 22.5 Å². The van der Waals surface area contributed by atoms with Gasteiger partial charge in [-0.15, -0.1) is 0 Å². The highest BCUT2D eigenvalue weighted by Gasteiger charge is 2.21. The van der Waals surface area contributed by atoms with Crippen LogP contribution in [-0.2, 0) is 0 Å². The molecule has 0 N–H and O–H groups in total. The van der Waals surface area contributed by atoms with Crippen molar-refractivity contribution in [3.63, 3.8) is 0 Å². The molecule has 0 atom stereocenters. The van der Waals surface area contributed by atoms with Crippen LogP contribution in [0.4, 0.5) is 0 Å². The van der Waals surface area contributed by atoms with E-state index in [0.29, 0.717) is 0 Å². The Labute approximate surface area is 92.1 Å². The molecule has 82 valence electrons. The van der Waals surface area contributed by atoms with Crippen molar-refractivity contribution in [2.24, 2.45) is 0 Å². The van der Waals surface area contributed by atoms with Gasteiger partial charge in [0.25, 0.3) is 0 Å². The van der Waals surface area contributed by atoms with E-state index in [-0.39, 0.29) is 0 Å². The molecule has 0 spiro atoms. The largest absolute Gasteiger partial charge is 0.0923 e. The molecule has 14 heavy (non-hydrogen) atoms. The Balaban J connectivity index is 5.03. The Morgan fingerprint density at radius 1 is 0.929 bits per heavy atom. The summed E-state index contributed by atoms with van der Waals surface area (Å²) in [6.07, 6.45) is 2.32. The number of hydrogen-bond donors (Lipinski definition) is 0. The van der Waals surface area contributed by atoms with Crippen LogP contribution in [0.25, 0.3) is 0 Å². The van der Waals surface area contributed by atoms with Gasteiger partial charge < -0.3 is 0 Å². The quantitative estimate of drug-likeness (QED) is 0.486. The van der Waals surface area contributed by atoms with Gasteiger partial charge in [-0.05, 0) is 13.8 Å². The first-order valence-corrected chi connectivity index (χ1v) is 12.5. The predicted octanol–water partition coefficient (Wildman–Crippen LogP) is 4.63. The molecule has 0 aliphatic rings. The monoisotopic (exact) mass is 226 g/mol. The third-order valence-electron chi connectivity index (χ3n) is 2.17. The Morgan fingerprint density at radius 3 is 1.57 bits per heavy atom. The van der Waals surface area contributed by atoms with Gasteiger partial charge in [0.15, 0.2) is 0 Å². The second-order valence-electron chi connectivity index (χ2n) is 6.15. The van der Waals surface area contributed by atoms with Crippen molar-refractivity contribution in [2.75, 3.05) is 0 Å². The summed E-state index contributed by atoms with van der Waals surface area (Å²) in [4.78, 5) is 0. The molecule has 0 aliphatic heterocycles. The summed E-state index contributed by atoms with van der Waals surface area (Å²) in [5, 5.41) is 1.62. The minimum absolute atomic E-state index is 1.06. The highest BCUT2D eigenvalue weighted by atomic mass is 28.3. The molecule has 0 heterocycles. The Bertz CT molecular complexity index is 246. The fraction of sp³-hybridized carbons (Fsp3) is 0.667. The van der Waals surface area contributed by atoms with E-state index >= 15 is 0 Å². The maximum atomic E-state index is 2.53. The Morgan fingerprint density at radius 2 is 1.36 bits per heavy atom. The fourth-order valence-corrected chi connectivity index (χ4v) is 5.70. The summed E-state index contributed by atoms with van der Waals surface area (Å²) < 4.78 is 0. The molecule has 0 nitrogen and oxygen atoms in total. The van der Waals surface area contributed by atoms with Gasteiger partial charge in [-0.25, -0.2) is 0 Å². The lowest BCUT2D eigenvalue weighted by atomic mass is 10.3. The van der Waals surface area contributed by atoms with Crippen LogP contribution in [0.5, 0.6) is 0 Å². The Hall–Kier alpha value is -0.0862. The van der Waals surface area contributed by atoms with Crippen molar-refractivity contribution < 1.29 is 0 Å². The summed E-state index contributed by atoms with van der Waals surface area (Å²) in [6.45, 7) is 18.9. The molecule has 0 rings (SSSR count). The minimum Gasteiger partial charge on any atom is -0.0923 e. The molecule has 0 aromatic heterocycles. The topological polar surface area (TPSA) is 0 Å². The summed E-state index contributed by atoms with van der Waals surface area (Å²) in [7, 11) is -2.19. The van der Waals surface area contributed by atoms with Gasteiger partial charge in [0.2, 0.25) is 0 Å². The van der Waals surface area contributed by atoms with Gasteiger partial charge in [0, 0.05) is 0 Å².